The van der Waals surface area contributed by atoms with Crippen LogP contribution in [0.4, 0.5) is 0 Å². The zero-order valence-electron chi connectivity index (χ0n) is 13.1. The van der Waals surface area contributed by atoms with Gasteiger partial charge >= 0.3 is 7.60 Å². The van der Waals surface area contributed by atoms with Gasteiger partial charge in [-0.15, -0.1) is 0 Å². The molecule has 0 fully saturated rings. The molecule has 0 saturated carbocycles. The number of hydrogen-bond acceptors (Lipinski definition) is 4. The number of aryl methyl sites for hydroxylation is 2. The zero-order chi connectivity index (χ0) is 15.8. The topological polar surface area (TPSA) is 53.4 Å². The van der Waals surface area contributed by atoms with Crippen molar-refractivity contribution in [3.8, 4) is 0 Å². The maximum absolute atomic E-state index is 12.5. The van der Waals surface area contributed by atoms with Crippen molar-refractivity contribution in [3.63, 3.8) is 0 Å². The highest BCUT2D eigenvalue weighted by Gasteiger charge is 2.25. The summed E-state index contributed by atoms with van der Waals surface area (Å²) in [5.41, 5.74) is 2.01. The fourth-order valence-electron chi connectivity index (χ4n) is 2.22. The second-order valence-corrected chi connectivity index (χ2v) is 6.96. The SMILES string of the molecule is CCOP(=O)(Cc1ccn(CCc2ccccc2)n1)OCC. The molecule has 1 aromatic heterocycles. The molecule has 0 aliphatic carbocycles. The van der Waals surface area contributed by atoms with Gasteiger partial charge in [0.25, 0.3) is 0 Å². The molecule has 6 heteroatoms. The zero-order valence-corrected chi connectivity index (χ0v) is 14.0. The van der Waals surface area contributed by atoms with Crippen LogP contribution in [0.5, 0.6) is 0 Å². The van der Waals surface area contributed by atoms with E-state index in [1.807, 2.05) is 49.0 Å². The summed E-state index contributed by atoms with van der Waals surface area (Å²) in [6.45, 7) is 5.14. The molecule has 5 nitrogen and oxygen atoms in total. The van der Waals surface area contributed by atoms with E-state index in [1.165, 1.54) is 5.56 Å². The van der Waals surface area contributed by atoms with E-state index in [9.17, 15) is 4.57 Å². The Kier molecular flexibility index (Phi) is 6.37. The largest absolute Gasteiger partial charge is 0.336 e. The summed E-state index contributed by atoms with van der Waals surface area (Å²) in [5.74, 6) is 0. The van der Waals surface area contributed by atoms with Gasteiger partial charge in [-0.3, -0.25) is 9.25 Å². The lowest BCUT2D eigenvalue weighted by Crippen LogP contribution is -2.04. The Morgan fingerprint density at radius 1 is 1.09 bits per heavy atom. The Bertz CT molecular complexity index is 603. The lowest BCUT2D eigenvalue weighted by Gasteiger charge is -2.15. The maximum atomic E-state index is 12.5. The van der Waals surface area contributed by atoms with Gasteiger partial charge in [0.05, 0.1) is 25.1 Å². The molecule has 0 N–H and O–H groups in total. The van der Waals surface area contributed by atoms with Crippen LogP contribution in [0.25, 0.3) is 0 Å². The van der Waals surface area contributed by atoms with E-state index < -0.39 is 7.60 Å². The monoisotopic (exact) mass is 322 g/mol. The Balaban J connectivity index is 1.94. The van der Waals surface area contributed by atoms with E-state index in [1.54, 1.807) is 0 Å². The number of rotatable bonds is 9. The molecule has 0 unspecified atom stereocenters. The minimum Gasteiger partial charge on any atom is -0.309 e. The van der Waals surface area contributed by atoms with Crippen LogP contribution in [-0.4, -0.2) is 23.0 Å². The highest BCUT2D eigenvalue weighted by molar-refractivity contribution is 7.53. The summed E-state index contributed by atoms with van der Waals surface area (Å²) in [6, 6.07) is 12.1. The summed E-state index contributed by atoms with van der Waals surface area (Å²) in [7, 11) is -3.08. The van der Waals surface area contributed by atoms with Crippen LogP contribution in [0.15, 0.2) is 42.6 Å². The molecule has 120 valence electrons. The van der Waals surface area contributed by atoms with Crippen molar-refractivity contribution in [3.05, 3.63) is 53.9 Å². The second-order valence-electron chi connectivity index (χ2n) is 4.91. The van der Waals surface area contributed by atoms with Gasteiger partial charge in [0.2, 0.25) is 0 Å². The molecule has 0 radical (unpaired) electrons. The molecule has 0 aliphatic rings. The first-order chi connectivity index (χ1) is 10.6. The standard InChI is InChI=1S/C16H23N2O3P/c1-3-20-22(19,21-4-2)14-16-11-13-18(17-16)12-10-15-8-6-5-7-9-15/h5-9,11,13H,3-4,10,12,14H2,1-2H3. The van der Waals surface area contributed by atoms with Crippen LogP contribution in [0.2, 0.25) is 0 Å². The van der Waals surface area contributed by atoms with Crippen LogP contribution in [0.1, 0.15) is 25.1 Å². The van der Waals surface area contributed by atoms with Crippen molar-refractivity contribution < 1.29 is 13.6 Å². The van der Waals surface area contributed by atoms with Crippen molar-refractivity contribution in [1.29, 1.82) is 0 Å². The van der Waals surface area contributed by atoms with Gasteiger partial charge in [-0.05, 0) is 31.9 Å². The molecule has 0 bridgehead atoms. The average molecular weight is 322 g/mol. The van der Waals surface area contributed by atoms with E-state index in [0.717, 1.165) is 18.7 Å². The van der Waals surface area contributed by atoms with Gasteiger partial charge in [-0.25, -0.2) is 0 Å². The number of benzene rings is 1. The third kappa shape index (κ3) is 5.09. The number of aromatic nitrogens is 2. The third-order valence-electron chi connectivity index (χ3n) is 3.18. The normalized spacial score (nSPS) is 11.7. The van der Waals surface area contributed by atoms with Crippen LogP contribution >= 0.6 is 7.60 Å². The average Bonchev–Trinajstić information content (AvgIpc) is 2.94. The molecule has 2 aromatic rings. The van der Waals surface area contributed by atoms with E-state index in [2.05, 4.69) is 17.2 Å². The molecule has 2 rings (SSSR count). The Morgan fingerprint density at radius 2 is 1.77 bits per heavy atom. The van der Waals surface area contributed by atoms with Crippen LogP contribution in [-0.2, 0) is 32.7 Å². The highest BCUT2D eigenvalue weighted by Crippen LogP contribution is 2.50. The minimum atomic E-state index is -3.08. The second kappa shape index (κ2) is 8.28. The van der Waals surface area contributed by atoms with Crippen molar-refractivity contribution >= 4 is 7.60 Å². The lowest BCUT2D eigenvalue weighted by molar-refractivity contribution is 0.219. The third-order valence-corrected chi connectivity index (χ3v) is 5.19. The molecule has 1 heterocycles. The first-order valence-corrected chi connectivity index (χ1v) is 9.32. The summed E-state index contributed by atoms with van der Waals surface area (Å²) >= 11 is 0. The van der Waals surface area contributed by atoms with Gasteiger partial charge in [0, 0.05) is 12.7 Å². The summed E-state index contributed by atoms with van der Waals surface area (Å²) in [6.07, 6.45) is 3.03. The molecule has 22 heavy (non-hydrogen) atoms. The van der Waals surface area contributed by atoms with Crippen molar-refractivity contribution in [2.24, 2.45) is 0 Å². The summed E-state index contributed by atoms with van der Waals surface area (Å²) in [4.78, 5) is 0. The first kappa shape index (κ1) is 16.9. The van der Waals surface area contributed by atoms with Crippen molar-refractivity contribution in [2.45, 2.75) is 33.0 Å². The molecule has 0 aliphatic heterocycles. The smallest absolute Gasteiger partial charge is 0.309 e. The van der Waals surface area contributed by atoms with E-state index in [0.29, 0.717) is 13.2 Å². The van der Waals surface area contributed by atoms with E-state index in [4.69, 9.17) is 9.05 Å². The fourth-order valence-corrected chi connectivity index (χ4v) is 3.83. The molecule has 0 saturated heterocycles. The van der Waals surface area contributed by atoms with E-state index >= 15 is 0 Å². The minimum absolute atomic E-state index is 0.215. The van der Waals surface area contributed by atoms with Gasteiger partial charge in [0.1, 0.15) is 0 Å². The summed E-state index contributed by atoms with van der Waals surface area (Å²) < 4.78 is 24.9. The van der Waals surface area contributed by atoms with Crippen LogP contribution in [0, 0.1) is 0 Å². The van der Waals surface area contributed by atoms with Crippen LogP contribution in [0.3, 0.4) is 0 Å². The highest BCUT2D eigenvalue weighted by atomic mass is 31.2. The maximum Gasteiger partial charge on any atom is 0.336 e. The number of hydrogen-bond donors (Lipinski definition) is 0. The lowest BCUT2D eigenvalue weighted by atomic mass is 10.2. The molecular formula is C16H23N2O3P. The predicted octanol–water partition coefficient (Wildman–Crippen LogP) is 3.89. The fraction of sp³-hybridized carbons (Fsp3) is 0.438. The quantitative estimate of drug-likeness (QED) is 0.657. The predicted molar refractivity (Wildman–Crippen MR) is 86.9 cm³/mol. The number of nitrogens with zero attached hydrogens (tertiary/aromatic N) is 2. The molecule has 1 aromatic carbocycles. The molecule has 0 atom stereocenters. The summed E-state index contributed by atoms with van der Waals surface area (Å²) in [5, 5.41) is 4.46. The van der Waals surface area contributed by atoms with Crippen LogP contribution < -0.4 is 0 Å². The van der Waals surface area contributed by atoms with Crippen molar-refractivity contribution in [2.75, 3.05) is 13.2 Å². The van der Waals surface area contributed by atoms with E-state index in [-0.39, 0.29) is 6.16 Å². The van der Waals surface area contributed by atoms with Gasteiger partial charge in [0.15, 0.2) is 0 Å². The molecular weight excluding hydrogens is 299 g/mol. The molecule has 0 spiro atoms. The van der Waals surface area contributed by atoms with Gasteiger partial charge in [-0.1, -0.05) is 30.3 Å². The Morgan fingerprint density at radius 3 is 2.41 bits per heavy atom. The van der Waals surface area contributed by atoms with Gasteiger partial charge < -0.3 is 9.05 Å². The molecule has 0 amide bonds. The Labute approximate surface area is 131 Å². The Hall–Kier alpha value is -1.42. The first-order valence-electron chi connectivity index (χ1n) is 7.59. The van der Waals surface area contributed by atoms with Crippen molar-refractivity contribution in [1.82, 2.24) is 9.78 Å². The van der Waals surface area contributed by atoms with Gasteiger partial charge in [-0.2, -0.15) is 5.10 Å².